The number of carboxylic acids is 1. The molecule has 1 aromatic heterocycles. The van der Waals surface area contributed by atoms with Crippen molar-refractivity contribution in [2.24, 2.45) is 5.14 Å². The van der Waals surface area contributed by atoms with Gasteiger partial charge in [-0.25, -0.2) is 18.4 Å². The number of nitrogens with one attached hydrogen (secondary N) is 1. The van der Waals surface area contributed by atoms with Crippen LogP contribution in [0.3, 0.4) is 0 Å². The topological polar surface area (TPSA) is 123 Å². The Bertz CT molecular complexity index is 877. The van der Waals surface area contributed by atoms with Crippen LogP contribution >= 0.6 is 0 Å². The number of alkyl halides is 3. The van der Waals surface area contributed by atoms with Crippen molar-refractivity contribution in [3.63, 3.8) is 0 Å². The summed E-state index contributed by atoms with van der Waals surface area (Å²) in [4.78, 5) is 9.98. The van der Waals surface area contributed by atoms with Gasteiger partial charge < -0.3 is 14.8 Å². The van der Waals surface area contributed by atoms with Crippen molar-refractivity contribution >= 4 is 21.7 Å². The van der Waals surface area contributed by atoms with Gasteiger partial charge in [-0.05, 0) is 24.3 Å². The first-order valence-electron chi connectivity index (χ1n) is 6.77. The molecule has 2 rings (SSSR count). The molecule has 11 heteroatoms. The standard InChI is InChI=1S/C14H13F3N2O5S/c15-14(16,17)10-7-11(19-4-3-8-2-1-5-24-8)9(13(20)21)6-12(10)25(18,22)23/h1-2,5-7,19H,3-4H2,(H,20,21)(H2,18,22,23). The van der Waals surface area contributed by atoms with Crippen LogP contribution in [-0.4, -0.2) is 26.0 Å². The quantitative estimate of drug-likeness (QED) is 0.709. The van der Waals surface area contributed by atoms with Crippen LogP contribution in [0, 0.1) is 0 Å². The third-order valence-electron chi connectivity index (χ3n) is 3.23. The number of rotatable bonds is 6. The second-order valence-electron chi connectivity index (χ2n) is 5.00. The molecule has 0 bridgehead atoms. The van der Waals surface area contributed by atoms with Gasteiger partial charge in [-0.3, -0.25) is 0 Å². The maximum atomic E-state index is 13.1. The molecule has 7 nitrogen and oxygen atoms in total. The monoisotopic (exact) mass is 378 g/mol. The van der Waals surface area contributed by atoms with Crippen molar-refractivity contribution < 1.29 is 35.9 Å². The Hall–Kier alpha value is -2.53. The molecule has 0 spiro atoms. The van der Waals surface area contributed by atoms with Crippen LogP contribution in [0.15, 0.2) is 39.8 Å². The first-order chi connectivity index (χ1) is 11.5. The van der Waals surface area contributed by atoms with E-state index in [2.05, 4.69) is 5.32 Å². The number of hydrogen-bond acceptors (Lipinski definition) is 5. The average Bonchev–Trinajstić information content (AvgIpc) is 2.97. The lowest BCUT2D eigenvalue weighted by molar-refractivity contribution is -0.139. The number of benzene rings is 1. The molecule has 0 radical (unpaired) electrons. The Morgan fingerprint density at radius 2 is 2.00 bits per heavy atom. The van der Waals surface area contributed by atoms with Gasteiger partial charge in [0.25, 0.3) is 0 Å². The summed E-state index contributed by atoms with van der Waals surface area (Å²) in [5, 5.41) is 16.5. The summed E-state index contributed by atoms with van der Waals surface area (Å²) in [5.74, 6) is -1.05. The Balaban J connectivity index is 2.45. The first-order valence-corrected chi connectivity index (χ1v) is 8.32. The summed E-state index contributed by atoms with van der Waals surface area (Å²) in [6, 6.07) is 4.09. The highest BCUT2D eigenvalue weighted by Gasteiger charge is 2.38. The number of furan rings is 1. The van der Waals surface area contributed by atoms with Crippen LogP contribution in [0.2, 0.25) is 0 Å². The first kappa shape index (κ1) is 18.8. The second kappa shape index (κ2) is 6.76. The normalized spacial score (nSPS) is 12.2. The highest BCUT2D eigenvalue weighted by Crippen LogP contribution is 2.37. The summed E-state index contributed by atoms with van der Waals surface area (Å²) >= 11 is 0. The number of halogens is 3. The van der Waals surface area contributed by atoms with E-state index in [1.165, 1.54) is 6.26 Å². The van der Waals surface area contributed by atoms with E-state index in [9.17, 15) is 26.4 Å². The molecule has 4 N–H and O–H groups in total. The van der Waals surface area contributed by atoms with Gasteiger partial charge in [-0.1, -0.05) is 0 Å². The second-order valence-corrected chi connectivity index (χ2v) is 6.53. The molecule has 0 fully saturated rings. The predicted octanol–water partition coefficient (Wildman–Crippen LogP) is 2.30. The third kappa shape index (κ3) is 4.51. The van der Waals surface area contributed by atoms with E-state index in [1.54, 1.807) is 12.1 Å². The fraction of sp³-hybridized carbons (Fsp3) is 0.214. The molecule has 0 aliphatic heterocycles. The van der Waals surface area contributed by atoms with Gasteiger partial charge in [0.1, 0.15) is 5.76 Å². The molecule has 0 unspecified atom stereocenters. The summed E-state index contributed by atoms with van der Waals surface area (Å²) in [7, 11) is -4.77. The molecule has 0 saturated heterocycles. The van der Waals surface area contributed by atoms with E-state index in [4.69, 9.17) is 14.7 Å². The molecule has 1 heterocycles. The molecule has 0 aliphatic carbocycles. The Morgan fingerprint density at radius 3 is 2.48 bits per heavy atom. The van der Waals surface area contributed by atoms with Crippen LogP contribution in [0.4, 0.5) is 18.9 Å². The zero-order valence-corrected chi connectivity index (χ0v) is 13.3. The lowest BCUT2D eigenvalue weighted by Crippen LogP contribution is -2.21. The predicted molar refractivity (Wildman–Crippen MR) is 80.7 cm³/mol. The molecule has 1 aromatic carbocycles. The number of primary sulfonamides is 1. The fourth-order valence-electron chi connectivity index (χ4n) is 2.14. The summed E-state index contributed by atoms with van der Waals surface area (Å²) in [5.41, 5.74) is -2.56. The number of carboxylic acid groups (broad SMARTS) is 1. The van der Waals surface area contributed by atoms with E-state index in [0.29, 0.717) is 17.9 Å². The minimum Gasteiger partial charge on any atom is -0.478 e. The van der Waals surface area contributed by atoms with Crippen molar-refractivity contribution in [3.8, 4) is 0 Å². The Labute approximate surface area is 140 Å². The van der Waals surface area contributed by atoms with Crippen LogP contribution in [0.1, 0.15) is 21.7 Å². The molecule has 0 atom stereocenters. The van der Waals surface area contributed by atoms with E-state index in [1.807, 2.05) is 0 Å². The SMILES string of the molecule is NS(=O)(=O)c1cc(C(=O)O)c(NCCc2ccco2)cc1C(F)(F)F. The van der Waals surface area contributed by atoms with Gasteiger partial charge in [0.15, 0.2) is 0 Å². The van der Waals surface area contributed by atoms with E-state index in [0.717, 1.165) is 0 Å². The van der Waals surface area contributed by atoms with E-state index < -0.39 is 38.2 Å². The Kier molecular flexibility index (Phi) is 5.09. The van der Waals surface area contributed by atoms with Crippen molar-refractivity contribution in [1.29, 1.82) is 0 Å². The van der Waals surface area contributed by atoms with Gasteiger partial charge in [0.05, 0.1) is 22.3 Å². The van der Waals surface area contributed by atoms with Crippen LogP contribution in [0.5, 0.6) is 0 Å². The molecule has 0 amide bonds. The minimum absolute atomic E-state index is 0.0693. The maximum Gasteiger partial charge on any atom is 0.417 e. The number of anilines is 1. The summed E-state index contributed by atoms with van der Waals surface area (Å²) in [6.07, 6.45) is -3.33. The lowest BCUT2D eigenvalue weighted by atomic mass is 10.1. The number of sulfonamides is 1. The lowest BCUT2D eigenvalue weighted by Gasteiger charge is -2.16. The summed E-state index contributed by atoms with van der Waals surface area (Å²) in [6.45, 7) is 0.0693. The highest BCUT2D eigenvalue weighted by molar-refractivity contribution is 7.89. The smallest absolute Gasteiger partial charge is 0.417 e. The van der Waals surface area contributed by atoms with Crippen molar-refractivity contribution in [2.75, 3.05) is 11.9 Å². The molecule has 25 heavy (non-hydrogen) atoms. The minimum atomic E-state index is -5.03. The molecule has 0 aliphatic rings. The van der Waals surface area contributed by atoms with Crippen molar-refractivity contribution in [2.45, 2.75) is 17.5 Å². The summed E-state index contributed by atoms with van der Waals surface area (Å²) < 4.78 is 67.3. The number of aromatic carboxylic acids is 1. The number of hydrogen-bond donors (Lipinski definition) is 3. The van der Waals surface area contributed by atoms with Gasteiger partial charge >= 0.3 is 12.1 Å². The van der Waals surface area contributed by atoms with Crippen LogP contribution in [0.25, 0.3) is 0 Å². The molecular formula is C14H13F3N2O5S. The van der Waals surface area contributed by atoms with Crippen LogP contribution in [-0.2, 0) is 22.6 Å². The maximum absolute atomic E-state index is 13.1. The average molecular weight is 378 g/mol. The van der Waals surface area contributed by atoms with Gasteiger partial charge in [-0.2, -0.15) is 13.2 Å². The van der Waals surface area contributed by atoms with Gasteiger partial charge in [-0.15, -0.1) is 0 Å². The third-order valence-corrected chi connectivity index (χ3v) is 4.18. The van der Waals surface area contributed by atoms with Crippen molar-refractivity contribution in [1.82, 2.24) is 0 Å². The van der Waals surface area contributed by atoms with Crippen LogP contribution < -0.4 is 10.5 Å². The molecule has 0 saturated carbocycles. The van der Waals surface area contributed by atoms with E-state index in [-0.39, 0.29) is 18.7 Å². The molecule has 136 valence electrons. The zero-order valence-electron chi connectivity index (χ0n) is 12.5. The highest BCUT2D eigenvalue weighted by atomic mass is 32.2. The molecule has 2 aromatic rings. The largest absolute Gasteiger partial charge is 0.478 e. The Morgan fingerprint density at radius 1 is 1.32 bits per heavy atom. The van der Waals surface area contributed by atoms with Gasteiger partial charge in [0, 0.05) is 18.7 Å². The fourth-order valence-corrected chi connectivity index (χ4v) is 2.90. The van der Waals surface area contributed by atoms with E-state index >= 15 is 0 Å². The van der Waals surface area contributed by atoms with Crippen molar-refractivity contribution in [3.05, 3.63) is 47.4 Å². The zero-order chi connectivity index (χ0) is 18.8. The number of carbonyl (C=O) groups is 1. The molecular weight excluding hydrogens is 365 g/mol. The van der Waals surface area contributed by atoms with Gasteiger partial charge in [0.2, 0.25) is 10.0 Å². The number of nitrogens with two attached hydrogens (primary N) is 1.